The highest BCUT2D eigenvalue weighted by Crippen LogP contribution is 2.38. The summed E-state index contributed by atoms with van der Waals surface area (Å²) in [4.78, 5) is 10.6. The first-order chi connectivity index (χ1) is 12.4. The zero-order valence-corrected chi connectivity index (χ0v) is 18.2. The maximum atomic E-state index is 14.5. The summed E-state index contributed by atoms with van der Waals surface area (Å²) in [6.45, 7) is 13.6. The summed E-state index contributed by atoms with van der Waals surface area (Å²) in [6, 6.07) is 2.89. The first-order valence-electron chi connectivity index (χ1n) is 9.46. The first kappa shape index (κ1) is 21.7. The van der Waals surface area contributed by atoms with Crippen LogP contribution in [0.3, 0.4) is 0 Å². The zero-order chi connectivity index (χ0) is 20.4. The van der Waals surface area contributed by atoms with Gasteiger partial charge >= 0.3 is 6.09 Å². The third-order valence-electron chi connectivity index (χ3n) is 5.62. The Morgan fingerprint density at radius 1 is 1.37 bits per heavy atom. The third-order valence-corrected chi connectivity index (χ3v) is 10.1. The van der Waals surface area contributed by atoms with Gasteiger partial charge < -0.3 is 19.6 Å². The molecule has 1 aliphatic carbocycles. The lowest BCUT2D eigenvalue weighted by atomic mass is 10.1. The lowest BCUT2D eigenvalue weighted by molar-refractivity contribution is 0.183. The van der Waals surface area contributed by atoms with Gasteiger partial charge in [-0.05, 0) is 61.0 Å². The van der Waals surface area contributed by atoms with Crippen molar-refractivity contribution in [2.45, 2.75) is 64.7 Å². The van der Waals surface area contributed by atoms with Crippen molar-refractivity contribution in [1.29, 1.82) is 0 Å². The molecule has 1 amide bonds. The predicted molar refractivity (Wildman–Crippen MR) is 107 cm³/mol. The summed E-state index contributed by atoms with van der Waals surface area (Å²) in [5.74, 6) is 0.471. The van der Waals surface area contributed by atoms with Crippen molar-refractivity contribution in [1.82, 2.24) is 5.32 Å². The highest BCUT2D eigenvalue weighted by molar-refractivity contribution is 6.74. The number of halogens is 1. The fourth-order valence-corrected chi connectivity index (χ4v) is 4.05. The summed E-state index contributed by atoms with van der Waals surface area (Å²) in [5.41, 5.74) is 1.72. The van der Waals surface area contributed by atoms with Gasteiger partial charge in [-0.3, -0.25) is 0 Å². The van der Waals surface area contributed by atoms with Crippen LogP contribution < -0.4 is 10.1 Å². The standard InChI is InChI=1S/C20H32FNO4Si/c1-13(22-19(23)24)11-25-16-9-15-7-14(8-17(15)18(21)10-16)12-26-27(5,6)20(2,3)4/h9-10,13-14,22H,7-8,11-12H2,1-6H3,(H,23,24). The highest BCUT2D eigenvalue weighted by Gasteiger charge is 2.38. The van der Waals surface area contributed by atoms with E-state index in [0.717, 1.165) is 17.5 Å². The second kappa shape index (κ2) is 8.18. The van der Waals surface area contributed by atoms with Gasteiger partial charge in [0.05, 0.1) is 6.04 Å². The summed E-state index contributed by atoms with van der Waals surface area (Å²) in [5, 5.41) is 11.2. The molecular weight excluding hydrogens is 365 g/mol. The number of carboxylic acid groups (broad SMARTS) is 1. The van der Waals surface area contributed by atoms with Crippen molar-refractivity contribution in [2.24, 2.45) is 5.92 Å². The molecule has 2 N–H and O–H groups in total. The normalized spacial score (nSPS) is 18.1. The number of amides is 1. The minimum atomic E-state index is -1.81. The second-order valence-electron chi connectivity index (χ2n) is 9.05. The number of rotatable bonds is 7. The largest absolute Gasteiger partial charge is 0.491 e. The number of benzene rings is 1. The molecule has 0 fully saturated rings. The Morgan fingerprint density at radius 2 is 2.04 bits per heavy atom. The molecule has 0 radical (unpaired) electrons. The van der Waals surface area contributed by atoms with E-state index >= 15 is 0 Å². The van der Waals surface area contributed by atoms with E-state index in [4.69, 9.17) is 14.3 Å². The van der Waals surface area contributed by atoms with Crippen LogP contribution in [0.1, 0.15) is 38.8 Å². The highest BCUT2D eigenvalue weighted by atomic mass is 28.4. The van der Waals surface area contributed by atoms with Crippen molar-refractivity contribution in [3.8, 4) is 5.75 Å². The minimum Gasteiger partial charge on any atom is -0.491 e. The van der Waals surface area contributed by atoms with E-state index in [1.165, 1.54) is 6.07 Å². The Labute approximate surface area is 162 Å². The molecule has 0 spiro atoms. The summed E-state index contributed by atoms with van der Waals surface area (Å²) >= 11 is 0. The molecule has 0 bridgehead atoms. The zero-order valence-electron chi connectivity index (χ0n) is 17.2. The SMILES string of the molecule is CC(COc1cc(F)c2c(c1)CC(CO[Si](C)(C)C(C)(C)C)C2)NC(=O)O. The lowest BCUT2D eigenvalue weighted by Gasteiger charge is -2.37. The second-order valence-corrected chi connectivity index (χ2v) is 13.9. The van der Waals surface area contributed by atoms with Crippen molar-refractivity contribution in [2.75, 3.05) is 13.2 Å². The van der Waals surface area contributed by atoms with E-state index in [-0.39, 0.29) is 29.4 Å². The lowest BCUT2D eigenvalue weighted by Crippen LogP contribution is -2.42. The fourth-order valence-electron chi connectivity index (χ4n) is 2.97. The summed E-state index contributed by atoms with van der Waals surface area (Å²) in [7, 11) is -1.81. The van der Waals surface area contributed by atoms with Gasteiger partial charge in [-0.15, -0.1) is 0 Å². The van der Waals surface area contributed by atoms with Crippen molar-refractivity contribution in [3.05, 3.63) is 29.1 Å². The molecule has 2 atom stereocenters. The number of hydrogen-bond acceptors (Lipinski definition) is 3. The molecule has 1 aromatic carbocycles. The fraction of sp³-hybridized carbons (Fsp3) is 0.650. The smallest absolute Gasteiger partial charge is 0.404 e. The molecule has 2 unspecified atom stereocenters. The number of fused-ring (bicyclic) bond motifs is 1. The van der Waals surface area contributed by atoms with Crippen LogP contribution in [-0.4, -0.2) is 38.8 Å². The molecular formula is C20H32FNO4Si. The van der Waals surface area contributed by atoms with E-state index in [1.807, 2.05) is 6.07 Å². The quantitative estimate of drug-likeness (QED) is 0.660. The minimum absolute atomic E-state index is 0.155. The number of hydrogen-bond donors (Lipinski definition) is 2. The van der Waals surface area contributed by atoms with Crippen molar-refractivity contribution >= 4 is 14.4 Å². The molecule has 0 aliphatic heterocycles. The Balaban J connectivity index is 1.96. The first-order valence-corrected chi connectivity index (χ1v) is 12.4. The average Bonchev–Trinajstić information content (AvgIpc) is 2.93. The van der Waals surface area contributed by atoms with Crippen LogP contribution in [0, 0.1) is 11.7 Å². The molecule has 5 nitrogen and oxygen atoms in total. The van der Waals surface area contributed by atoms with Gasteiger partial charge in [0.25, 0.3) is 0 Å². The summed E-state index contributed by atoms with van der Waals surface area (Å²) < 4.78 is 26.4. The van der Waals surface area contributed by atoms with E-state index in [9.17, 15) is 9.18 Å². The van der Waals surface area contributed by atoms with Crippen LogP contribution in [0.5, 0.6) is 5.75 Å². The van der Waals surface area contributed by atoms with Crippen molar-refractivity contribution in [3.63, 3.8) is 0 Å². The van der Waals surface area contributed by atoms with Crippen molar-refractivity contribution < 1.29 is 23.5 Å². The van der Waals surface area contributed by atoms with Crippen LogP contribution in [0.25, 0.3) is 0 Å². The van der Waals surface area contributed by atoms with Crippen LogP contribution in [0.15, 0.2) is 12.1 Å². The molecule has 0 saturated carbocycles. The molecule has 2 rings (SSSR count). The Kier molecular flexibility index (Phi) is 6.58. The molecule has 1 aliphatic rings. The molecule has 0 saturated heterocycles. The van der Waals surface area contributed by atoms with Crippen LogP contribution in [-0.2, 0) is 17.3 Å². The Bertz CT molecular complexity index is 687. The van der Waals surface area contributed by atoms with Gasteiger partial charge in [-0.2, -0.15) is 0 Å². The number of ether oxygens (including phenoxy) is 1. The van der Waals surface area contributed by atoms with Crippen LogP contribution >= 0.6 is 0 Å². The van der Waals surface area contributed by atoms with E-state index < -0.39 is 14.4 Å². The van der Waals surface area contributed by atoms with Crippen LogP contribution in [0.4, 0.5) is 9.18 Å². The van der Waals surface area contributed by atoms with E-state index in [1.54, 1.807) is 6.92 Å². The average molecular weight is 398 g/mol. The topological polar surface area (TPSA) is 67.8 Å². The van der Waals surface area contributed by atoms with Crippen LogP contribution in [0.2, 0.25) is 18.1 Å². The Hall–Kier alpha value is -1.60. The van der Waals surface area contributed by atoms with Gasteiger partial charge in [0.2, 0.25) is 0 Å². The van der Waals surface area contributed by atoms with E-state index in [2.05, 4.69) is 39.2 Å². The molecule has 7 heteroatoms. The van der Waals surface area contributed by atoms with Gasteiger partial charge in [-0.1, -0.05) is 20.8 Å². The number of carbonyl (C=O) groups is 1. The maximum absolute atomic E-state index is 14.5. The number of nitrogens with one attached hydrogen (secondary N) is 1. The molecule has 1 aromatic rings. The van der Waals surface area contributed by atoms with Gasteiger partial charge in [0.15, 0.2) is 8.32 Å². The van der Waals surface area contributed by atoms with Gasteiger partial charge in [-0.25, -0.2) is 9.18 Å². The van der Waals surface area contributed by atoms with E-state index in [0.29, 0.717) is 18.8 Å². The monoisotopic (exact) mass is 397 g/mol. The molecule has 0 aromatic heterocycles. The Morgan fingerprint density at radius 3 is 2.63 bits per heavy atom. The maximum Gasteiger partial charge on any atom is 0.404 e. The molecule has 27 heavy (non-hydrogen) atoms. The van der Waals surface area contributed by atoms with Gasteiger partial charge in [0, 0.05) is 12.7 Å². The predicted octanol–water partition coefficient (Wildman–Crippen LogP) is 4.60. The van der Waals surface area contributed by atoms with Gasteiger partial charge in [0.1, 0.15) is 18.2 Å². The third kappa shape index (κ3) is 5.69. The molecule has 152 valence electrons. The summed E-state index contributed by atoms with van der Waals surface area (Å²) in [6.07, 6.45) is 0.365. The molecule has 0 heterocycles.